The van der Waals surface area contributed by atoms with Crippen LogP contribution in [-0.4, -0.2) is 5.50 Å². The highest BCUT2D eigenvalue weighted by atomic mass is 32.2. The molecule has 1 atom stereocenters. The summed E-state index contributed by atoms with van der Waals surface area (Å²) < 4.78 is 0. The predicted molar refractivity (Wildman–Crippen MR) is 73.6 cm³/mol. The quantitative estimate of drug-likeness (QED) is 0.822. The highest BCUT2D eigenvalue weighted by Crippen LogP contribution is 2.45. The van der Waals surface area contributed by atoms with Crippen molar-refractivity contribution in [1.29, 1.82) is 0 Å². The molecule has 2 nitrogen and oxygen atoms in total. The zero-order chi connectivity index (χ0) is 11.8. The number of hydrogen-bond donors (Lipinski definition) is 1. The molecule has 1 aliphatic carbocycles. The maximum absolute atomic E-state index is 6.25. The van der Waals surface area contributed by atoms with Crippen molar-refractivity contribution in [3.63, 3.8) is 0 Å². The SMILES string of the molecule is Cc1cc[c]c(N2C3=C(CCCC3)SC2N)c1. The molecule has 1 radical (unpaired) electrons. The first-order valence-corrected chi connectivity index (χ1v) is 7.05. The van der Waals surface area contributed by atoms with E-state index in [1.807, 2.05) is 17.8 Å². The number of benzene rings is 1. The third kappa shape index (κ3) is 1.98. The van der Waals surface area contributed by atoms with E-state index in [1.54, 1.807) is 0 Å². The number of aryl methyl sites for hydroxylation is 1. The highest BCUT2D eigenvalue weighted by molar-refractivity contribution is 8.04. The first-order valence-electron chi connectivity index (χ1n) is 6.17. The van der Waals surface area contributed by atoms with E-state index >= 15 is 0 Å². The Kier molecular flexibility index (Phi) is 2.89. The minimum atomic E-state index is 0.0381. The molecular weight excluding hydrogens is 228 g/mol. The zero-order valence-electron chi connectivity index (χ0n) is 10.1. The molecule has 3 rings (SSSR count). The van der Waals surface area contributed by atoms with Crippen molar-refractivity contribution in [1.82, 2.24) is 0 Å². The molecule has 1 aromatic carbocycles. The van der Waals surface area contributed by atoms with Crippen LogP contribution in [0.5, 0.6) is 0 Å². The average molecular weight is 245 g/mol. The summed E-state index contributed by atoms with van der Waals surface area (Å²) in [4.78, 5) is 3.77. The summed E-state index contributed by atoms with van der Waals surface area (Å²) in [5.74, 6) is 0. The average Bonchev–Trinajstić information content (AvgIpc) is 2.64. The van der Waals surface area contributed by atoms with Crippen molar-refractivity contribution < 1.29 is 0 Å². The Labute approximate surface area is 107 Å². The minimum Gasteiger partial charge on any atom is -0.319 e. The van der Waals surface area contributed by atoms with Crippen LogP contribution >= 0.6 is 11.8 Å². The van der Waals surface area contributed by atoms with Gasteiger partial charge in [0.2, 0.25) is 0 Å². The van der Waals surface area contributed by atoms with Gasteiger partial charge in [-0.25, -0.2) is 0 Å². The van der Waals surface area contributed by atoms with Gasteiger partial charge in [-0.15, -0.1) is 0 Å². The summed E-state index contributed by atoms with van der Waals surface area (Å²) in [6.45, 7) is 2.11. The number of nitrogens with zero attached hydrogens (tertiary/aromatic N) is 1. The van der Waals surface area contributed by atoms with Gasteiger partial charge in [-0.05, 0) is 44.2 Å². The Hall–Kier alpha value is -0.930. The van der Waals surface area contributed by atoms with Crippen LogP contribution in [0.1, 0.15) is 31.2 Å². The summed E-state index contributed by atoms with van der Waals surface area (Å²) in [6.07, 6.45) is 4.96. The molecule has 0 amide bonds. The van der Waals surface area contributed by atoms with Crippen LogP contribution in [0, 0.1) is 13.0 Å². The number of hydrogen-bond acceptors (Lipinski definition) is 3. The van der Waals surface area contributed by atoms with Crippen LogP contribution in [0.2, 0.25) is 0 Å². The van der Waals surface area contributed by atoms with E-state index < -0.39 is 0 Å². The molecule has 1 aromatic rings. The van der Waals surface area contributed by atoms with Crippen molar-refractivity contribution in [2.75, 3.05) is 4.90 Å². The van der Waals surface area contributed by atoms with Gasteiger partial charge < -0.3 is 10.6 Å². The van der Waals surface area contributed by atoms with Crippen LogP contribution in [0.25, 0.3) is 0 Å². The van der Waals surface area contributed by atoms with Crippen molar-refractivity contribution >= 4 is 17.4 Å². The molecule has 2 N–H and O–H groups in total. The van der Waals surface area contributed by atoms with Gasteiger partial charge in [-0.1, -0.05) is 23.9 Å². The number of nitrogens with two attached hydrogens (primary N) is 1. The second-order valence-corrected chi connectivity index (χ2v) is 5.92. The number of thioether (sulfide) groups is 1. The fraction of sp³-hybridized carbons (Fsp3) is 0.429. The molecule has 1 aliphatic heterocycles. The van der Waals surface area contributed by atoms with Gasteiger partial charge in [-0.3, -0.25) is 0 Å². The lowest BCUT2D eigenvalue weighted by Gasteiger charge is -2.27. The van der Waals surface area contributed by atoms with Crippen molar-refractivity contribution in [3.05, 3.63) is 40.4 Å². The number of anilines is 1. The maximum Gasteiger partial charge on any atom is 0.134 e. The Balaban J connectivity index is 1.99. The smallest absolute Gasteiger partial charge is 0.134 e. The number of rotatable bonds is 1. The lowest BCUT2D eigenvalue weighted by molar-refractivity contribution is 0.673. The Bertz CT molecular complexity index is 467. The largest absolute Gasteiger partial charge is 0.319 e. The van der Waals surface area contributed by atoms with Crippen LogP contribution in [0.3, 0.4) is 0 Å². The molecule has 0 spiro atoms. The van der Waals surface area contributed by atoms with Crippen LogP contribution in [0.15, 0.2) is 28.8 Å². The molecular formula is C14H17N2S. The molecule has 0 saturated carbocycles. The van der Waals surface area contributed by atoms with Gasteiger partial charge in [0.25, 0.3) is 0 Å². The van der Waals surface area contributed by atoms with Gasteiger partial charge >= 0.3 is 0 Å². The van der Waals surface area contributed by atoms with E-state index in [4.69, 9.17) is 5.73 Å². The summed E-state index contributed by atoms with van der Waals surface area (Å²) in [7, 11) is 0. The summed E-state index contributed by atoms with van der Waals surface area (Å²) in [6, 6.07) is 9.55. The summed E-state index contributed by atoms with van der Waals surface area (Å²) in [5.41, 5.74) is 10.1. The third-order valence-corrected chi connectivity index (χ3v) is 4.58. The predicted octanol–water partition coefficient (Wildman–Crippen LogP) is 3.38. The fourth-order valence-electron chi connectivity index (χ4n) is 2.58. The molecule has 0 aromatic heterocycles. The van der Waals surface area contributed by atoms with E-state index in [2.05, 4.69) is 30.0 Å². The summed E-state index contributed by atoms with van der Waals surface area (Å²) >= 11 is 1.82. The molecule has 0 bridgehead atoms. The second-order valence-electron chi connectivity index (χ2n) is 4.71. The Morgan fingerprint density at radius 2 is 2.24 bits per heavy atom. The number of allylic oxidation sites excluding steroid dienone is 2. The van der Waals surface area contributed by atoms with E-state index in [-0.39, 0.29) is 5.50 Å². The van der Waals surface area contributed by atoms with Crippen LogP contribution in [0.4, 0.5) is 5.69 Å². The molecule has 0 fully saturated rings. The zero-order valence-corrected chi connectivity index (χ0v) is 10.9. The van der Waals surface area contributed by atoms with E-state index in [9.17, 15) is 0 Å². The third-order valence-electron chi connectivity index (χ3n) is 3.40. The second kappa shape index (κ2) is 4.39. The van der Waals surface area contributed by atoms with Crippen LogP contribution < -0.4 is 10.6 Å². The van der Waals surface area contributed by atoms with Gasteiger partial charge in [0.15, 0.2) is 0 Å². The first-order chi connectivity index (χ1) is 8.25. The minimum absolute atomic E-state index is 0.0381. The van der Waals surface area contributed by atoms with Gasteiger partial charge in [0.05, 0.1) is 5.69 Å². The van der Waals surface area contributed by atoms with E-state index in [0.717, 1.165) is 12.1 Å². The molecule has 89 valence electrons. The van der Waals surface area contributed by atoms with E-state index in [0.29, 0.717) is 0 Å². The Morgan fingerprint density at radius 1 is 1.41 bits per heavy atom. The molecule has 1 heterocycles. The van der Waals surface area contributed by atoms with Crippen molar-refractivity contribution in [2.24, 2.45) is 5.73 Å². The maximum atomic E-state index is 6.25. The topological polar surface area (TPSA) is 29.3 Å². The van der Waals surface area contributed by atoms with E-state index in [1.165, 1.54) is 35.4 Å². The first kappa shape index (κ1) is 11.2. The van der Waals surface area contributed by atoms with Crippen molar-refractivity contribution in [2.45, 2.75) is 38.1 Å². The summed E-state index contributed by atoms with van der Waals surface area (Å²) in [5, 5.41) is 0. The highest BCUT2D eigenvalue weighted by Gasteiger charge is 2.32. The fourth-order valence-corrected chi connectivity index (χ4v) is 3.82. The molecule has 2 aliphatic rings. The van der Waals surface area contributed by atoms with Gasteiger partial charge in [0.1, 0.15) is 5.50 Å². The normalized spacial score (nSPS) is 24.1. The standard InChI is InChI=1S/C14H17N2S/c1-10-5-4-6-11(9-10)16-12-7-2-3-8-13(12)17-14(16)15/h4-5,9,14H,2-3,7-8,15H2,1H3. The monoisotopic (exact) mass is 245 g/mol. The molecule has 3 heteroatoms. The van der Waals surface area contributed by atoms with Gasteiger partial charge in [-0.2, -0.15) is 0 Å². The molecule has 0 saturated heterocycles. The van der Waals surface area contributed by atoms with Gasteiger partial charge in [0, 0.05) is 16.7 Å². The molecule has 17 heavy (non-hydrogen) atoms. The lowest BCUT2D eigenvalue weighted by atomic mass is 10.0. The lowest BCUT2D eigenvalue weighted by Crippen LogP contribution is -2.35. The van der Waals surface area contributed by atoms with Crippen LogP contribution in [-0.2, 0) is 0 Å². The molecule has 1 unspecified atom stereocenters. The Morgan fingerprint density at radius 3 is 3.06 bits per heavy atom. The van der Waals surface area contributed by atoms with Crippen molar-refractivity contribution in [3.8, 4) is 0 Å².